The smallest absolute Gasteiger partial charge is 0.391 e. The first-order chi connectivity index (χ1) is 13.0. The predicted octanol–water partition coefficient (Wildman–Crippen LogP) is 2.24. The lowest BCUT2D eigenvalue weighted by atomic mass is 10.0. The molecule has 7 nitrogen and oxygen atoms in total. The fourth-order valence-electron chi connectivity index (χ4n) is 3.26. The first kappa shape index (κ1) is 20.5. The summed E-state index contributed by atoms with van der Waals surface area (Å²) in [6.07, 6.45) is -3.15. The minimum Gasteiger partial charge on any atom is -0.391 e. The summed E-state index contributed by atoms with van der Waals surface area (Å²) >= 11 is 0. The zero-order chi connectivity index (χ0) is 20.7. The SMILES string of the molecule is Cc1nc(N)ncc1-c1ccc(C(F)(F)F)c(S(=O)(=O)NC2CCCC2O)c1. The maximum Gasteiger partial charge on any atom is 0.417 e. The number of aromatic nitrogens is 2. The van der Waals surface area contributed by atoms with Crippen molar-refractivity contribution in [3.63, 3.8) is 0 Å². The minimum absolute atomic E-state index is 0.00195. The van der Waals surface area contributed by atoms with Crippen LogP contribution in [0.4, 0.5) is 19.1 Å². The van der Waals surface area contributed by atoms with E-state index in [0.29, 0.717) is 36.6 Å². The Bertz CT molecular complexity index is 996. The maximum absolute atomic E-state index is 13.5. The molecule has 0 spiro atoms. The van der Waals surface area contributed by atoms with E-state index in [1.807, 2.05) is 0 Å². The van der Waals surface area contributed by atoms with Gasteiger partial charge in [0.25, 0.3) is 0 Å². The highest BCUT2D eigenvalue weighted by molar-refractivity contribution is 7.89. The van der Waals surface area contributed by atoms with Gasteiger partial charge in [-0.3, -0.25) is 0 Å². The van der Waals surface area contributed by atoms with Gasteiger partial charge in [-0.1, -0.05) is 6.07 Å². The van der Waals surface area contributed by atoms with Crippen LogP contribution in [-0.2, 0) is 16.2 Å². The minimum atomic E-state index is -4.87. The van der Waals surface area contributed by atoms with E-state index in [4.69, 9.17) is 5.73 Å². The molecular weight excluding hydrogens is 397 g/mol. The van der Waals surface area contributed by atoms with Gasteiger partial charge in [-0.15, -0.1) is 0 Å². The molecule has 4 N–H and O–H groups in total. The van der Waals surface area contributed by atoms with Crippen LogP contribution in [0.2, 0.25) is 0 Å². The molecule has 28 heavy (non-hydrogen) atoms. The Labute approximate surface area is 159 Å². The average molecular weight is 416 g/mol. The van der Waals surface area contributed by atoms with E-state index in [1.54, 1.807) is 6.92 Å². The molecule has 1 fully saturated rings. The molecule has 0 saturated heterocycles. The average Bonchev–Trinajstić information content (AvgIpc) is 2.98. The molecule has 2 aromatic rings. The molecule has 0 aliphatic heterocycles. The maximum atomic E-state index is 13.5. The Hall–Kier alpha value is -2.24. The van der Waals surface area contributed by atoms with Gasteiger partial charge < -0.3 is 10.8 Å². The highest BCUT2D eigenvalue weighted by atomic mass is 32.2. The summed E-state index contributed by atoms with van der Waals surface area (Å²) in [6, 6.07) is 1.99. The molecule has 1 heterocycles. The molecule has 1 aromatic carbocycles. The first-order valence-electron chi connectivity index (χ1n) is 8.50. The van der Waals surface area contributed by atoms with Crippen LogP contribution in [0.3, 0.4) is 0 Å². The number of benzene rings is 1. The van der Waals surface area contributed by atoms with E-state index in [-0.39, 0.29) is 11.5 Å². The molecule has 0 amide bonds. The van der Waals surface area contributed by atoms with Crippen molar-refractivity contribution < 1.29 is 26.7 Å². The Morgan fingerprint density at radius 2 is 2.00 bits per heavy atom. The van der Waals surface area contributed by atoms with Gasteiger partial charge in [0, 0.05) is 17.8 Å². The van der Waals surface area contributed by atoms with Gasteiger partial charge in [0.15, 0.2) is 0 Å². The van der Waals surface area contributed by atoms with Crippen molar-refractivity contribution in [1.29, 1.82) is 0 Å². The number of nitrogen functional groups attached to an aromatic ring is 1. The van der Waals surface area contributed by atoms with Gasteiger partial charge in [0.1, 0.15) is 0 Å². The van der Waals surface area contributed by atoms with Gasteiger partial charge in [-0.2, -0.15) is 13.2 Å². The monoisotopic (exact) mass is 416 g/mol. The van der Waals surface area contributed by atoms with E-state index >= 15 is 0 Å². The number of aryl methyl sites for hydroxylation is 1. The number of nitrogens with zero attached hydrogens (tertiary/aromatic N) is 2. The van der Waals surface area contributed by atoms with E-state index in [1.165, 1.54) is 6.20 Å². The van der Waals surface area contributed by atoms with Crippen molar-refractivity contribution in [3.8, 4) is 11.1 Å². The Balaban J connectivity index is 2.11. The molecule has 1 aromatic heterocycles. The molecule has 2 atom stereocenters. The van der Waals surface area contributed by atoms with Crippen molar-refractivity contribution in [3.05, 3.63) is 35.7 Å². The number of nitrogens with one attached hydrogen (secondary N) is 1. The Kier molecular flexibility index (Phi) is 5.34. The van der Waals surface area contributed by atoms with Crippen molar-refractivity contribution >= 4 is 16.0 Å². The number of nitrogens with two attached hydrogens (primary N) is 1. The second-order valence-corrected chi connectivity index (χ2v) is 8.34. The van der Waals surface area contributed by atoms with Crippen LogP contribution < -0.4 is 10.5 Å². The van der Waals surface area contributed by atoms with E-state index in [9.17, 15) is 26.7 Å². The molecule has 0 bridgehead atoms. The Morgan fingerprint density at radius 1 is 1.29 bits per heavy atom. The number of hydrogen-bond acceptors (Lipinski definition) is 6. The standard InChI is InChI=1S/C17H19F3N4O3S/c1-9-11(8-22-16(21)23-9)10-5-6-12(17(18,19)20)15(7-10)28(26,27)24-13-3-2-4-14(13)25/h5-8,13-14,24-25H,2-4H2,1H3,(H2,21,22,23). The summed E-state index contributed by atoms with van der Waals surface area (Å²) in [5.74, 6) is -0.00195. The fraction of sp³-hybridized carbons (Fsp3) is 0.412. The number of aliphatic hydroxyl groups is 1. The van der Waals surface area contributed by atoms with Crippen LogP contribution in [0.15, 0.2) is 29.3 Å². The predicted molar refractivity (Wildman–Crippen MR) is 95.6 cm³/mol. The van der Waals surface area contributed by atoms with Crippen molar-refractivity contribution in [1.82, 2.24) is 14.7 Å². The van der Waals surface area contributed by atoms with E-state index in [0.717, 1.165) is 12.1 Å². The molecule has 3 rings (SSSR count). The lowest BCUT2D eigenvalue weighted by molar-refractivity contribution is -0.139. The molecule has 1 aliphatic rings. The van der Waals surface area contributed by atoms with Crippen molar-refractivity contribution in [2.45, 2.75) is 49.4 Å². The molecule has 1 aliphatic carbocycles. The lowest BCUT2D eigenvalue weighted by Gasteiger charge is -2.20. The van der Waals surface area contributed by atoms with Crippen LogP contribution in [0.25, 0.3) is 11.1 Å². The zero-order valence-corrected chi connectivity index (χ0v) is 15.7. The van der Waals surface area contributed by atoms with Crippen LogP contribution in [0.1, 0.15) is 30.5 Å². The van der Waals surface area contributed by atoms with Crippen LogP contribution in [-0.4, -0.2) is 35.6 Å². The van der Waals surface area contributed by atoms with Gasteiger partial charge in [0.2, 0.25) is 16.0 Å². The van der Waals surface area contributed by atoms with Crippen LogP contribution in [0, 0.1) is 6.92 Å². The highest BCUT2D eigenvalue weighted by Gasteiger charge is 2.39. The fourth-order valence-corrected chi connectivity index (χ4v) is 4.81. The topological polar surface area (TPSA) is 118 Å². The van der Waals surface area contributed by atoms with Crippen molar-refractivity contribution in [2.75, 3.05) is 5.73 Å². The number of halogens is 3. The summed E-state index contributed by atoms with van der Waals surface area (Å²) in [5, 5.41) is 9.85. The summed E-state index contributed by atoms with van der Waals surface area (Å²) in [4.78, 5) is 6.86. The number of sulfonamides is 1. The quantitative estimate of drug-likeness (QED) is 0.704. The van der Waals surface area contributed by atoms with Crippen LogP contribution in [0.5, 0.6) is 0 Å². The lowest BCUT2D eigenvalue weighted by Crippen LogP contribution is -2.40. The molecule has 152 valence electrons. The third-order valence-electron chi connectivity index (χ3n) is 4.67. The first-order valence-corrected chi connectivity index (χ1v) is 9.98. The van der Waals surface area contributed by atoms with Crippen LogP contribution >= 0.6 is 0 Å². The number of hydrogen-bond donors (Lipinski definition) is 3. The number of rotatable bonds is 4. The van der Waals surface area contributed by atoms with Gasteiger partial charge in [0.05, 0.1) is 22.3 Å². The third-order valence-corrected chi connectivity index (χ3v) is 6.20. The van der Waals surface area contributed by atoms with Gasteiger partial charge >= 0.3 is 6.18 Å². The van der Waals surface area contributed by atoms with E-state index in [2.05, 4.69) is 14.7 Å². The Morgan fingerprint density at radius 3 is 2.57 bits per heavy atom. The summed E-state index contributed by atoms with van der Waals surface area (Å²) in [5.41, 5.74) is 5.17. The zero-order valence-electron chi connectivity index (χ0n) is 14.9. The second kappa shape index (κ2) is 7.30. The second-order valence-electron chi connectivity index (χ2n) is 6.66. The number of anilines is 1. The van der Waals surface area contributed by atoms with Gasteiger partial charge in [-0.25, -0.2) is 23.1 Å². The normalized spacial score (nSPS) is 20.5. The van der Waals surface area contributed by atoms with Gasteiger partial charge in [-0.05, 0) is 43.9 Å². The van der Waals surface area contributed by atoms with E-state index < -0.39 is 38.8 Å². The molecule has 0 radical (unpaired) electrons. The highest BCUT2D eigenvalue weighted by Crippen LogP contribution is 2.37. The molecule has 2 unspecified atom stereocenters. The summed E-state index contributed by atoms with van der Waals surface area (Å²) in [7, 11) is -4.54. The van der Waals surface area contributed by atoms with Crippen molar-refractivity contribution in [2.24, 2.45) is 0 Å². The molecule has 11 heteroatoms. The summed E-state index contributed by atoms with van der Waals surface area (Å²) < 4.78 is 68.1. The third kappa shape index (κ3) is 4.10. The largest absolute Gasteiger partial charge is 0.417 e. The number of aliphatic hydroxyl groups excluding tert-OH is 1. The molecular formula is C17H19F3N4O3S. The summed E-state index contributed by atoms with van der Waals surface area (Å²) in [6.45, 7) is 1.59. The molecule has 1 saturated carbocycles. The number of alkyl halides is 3.